The maximum atomic E-state index is 13.8. The molecule has 3 aromatic rings. The van der Waals surface area contributed by atoms with Gasteiger partial charge in [-0.3, -0.25) is 9.59 Å². The molecule has 35 heavy (non-hydrogen) atoms. The van der Waals surface area contributed by atoms with Crippen LogP contribution in [-0.2, 0) is 22.6 Å². The van der Waals surface area contributed by atoms with E-state index in [1.54, 1.807) is 24.1 Å². The highest BCUT2D eigenvalue weighted by atomic mass is 32.1. The van der Waals surface area contributed by atoms with Gasteiger partial charge in [-0.25, -0.2) is 4.39 Å². The zero-order chi connectivity index (χ0) is 24.6. The third-order valence-electron chi connectivity index (χ3n) is 6.41. The summed E-state index contributed by atoms with van der Waals surface area (Å²) < 4.78 is 19.1. The van der Waals surface area contributed by atoms with Gasteiger partial charge in [0.1, 0.15) is 17.6 Å². The Morgan fingerprint density at radius 1 is 1.09 bits per heavy atom. The highest BCUT2D eigenvalue weighted by molar-refractivity contribution is 7.10. The number of amides is 2. The minimum atomic E-state index is -0.879. The lowest BCUT2D eigenvalue weighted by atomic mass is 9.94. The third-order valence-corrected chi connectivity index (χ3v) is 7.29. The van der Waals surface area contributed by atoms with Crippen molar-refractivity contribution in [2.45, 2.75) is 57.2 Å². The number of thiophene rings is 1. The number of benzene rings is 2. The predicted octanol–water partition coefficient (Wildman–Crippen LogP) is 5.66. The van der Waals surface area contributed by atoms with Gasteiger partial charge in [0.25, 0.3) is 0 Å². The molecule has 0 saturated heterocycles. The number of nitrogens with zero attached hydrogens (tertiary/aromatic N) is 1. The molecule has 0 radical (unpaired) electrons. The van der Waals surface area contributed by atoms with Crippen LogP contribution in [0.1, 0.15) is 54.1 Å². The van der Waals surface area contributed by atoms with E-state index < -0.39 is 6.04 Å². The number of hydrogen-bond acceptors (Lipinski definition) is 4. The summed E-state index contributed by atoms with van der Waals surface area (Å²) in [6.07, 6.45) is 5.39. The molecule has 1 saturated carbocycles. The number of hydrogen-bond donors (Lipinski definition) is 1. The highest BCUT2D eigenvalue weighted by Gasteiger charge is 2.33. The zero-order valence-electron chi connectivity index (χ0n) is 19.9. The molecule has 7 heteroatoms. The summed E-state index contributed by atoms with van der Waals surface area (Å²) in [6, 6.07) is 16.4. The molecule has 1 aliphatic carbocycles. The van der Waals surface area contributed by atoms with Gasteiger partial charge in [-0.05, 0) is 59.7 Å². The van der Waals surface area contributed by atoms with E-state index in [1.807, 2.05) is 41.8 Å². The van der Waals surface area contributed by atoms with Crippen molar-refractivity contribution in [3.05, 3.63) is 87.9 Å². The lowest BCUT2D eigenvalue weighted by Crippen LogP contribution is -2.47. The summed E-state index contributed by atoms with van der Waals surface area (Å²) >= 11 is 1.51. The van der Waals surface area contributed by atoms with Crippen LogP contribution in [-0.4, -0.2) is 29.9 Å². The van der Waals surface area contributed by atoms with Crippen molar-refractivity contribution in [1.29, 1.82) is 0 Å². The molecule has 1 heterocycles. The second kappa shape index (κ2) is 12.0. The first-order valence-corrected chi connectivity index (χ1v) is 12.9. The number of carbonyl (C=O) groups is 2. The SMILES string of the molecule is COc1cccc(CN(C(=O)Cc2cccs2)[C@@H](C(=O)NC2CCCCC2)c2ccc(F)cc2)c1. The van der Waals surface area contributed by atoms with E-state index in [9.17, 15) is 14.0 Å². The number of halogens is 1. The minimum Gasteiger partial charge on any atom is -0.497 e. The van der Waals surface area contributed by atoms with Crippen molar-refractivity contribution in [3.63, 3.8) is 0 Å². The molecular formula is C28H31FN2O3S. The smallest absolute Gasteiger partial charge is 0.247 e. The van der Waals surface area contributed by atoms with E-state index in [0.717, 1.165) is 36.1 Å². The van der Waals surface area contributed by atoms with E-state index in [0.29, 0.717) is 11.3 Å². The normalized spacial score (nSPS) is 14.8. The quantitative estimate of drug-likeness (QED) is 0.418. The van der Waals surface area contributed by atoms with Crippen LogP contribution in [0.15, 0.2) is 66.0 Å². The highest BCUT2D eigenvalue weighted by Crippen LogP contribution is 2.28. The van der Waals surface area contributed by atoms with Gasteiger partial charge in [-0.2, -0.15) is 0 Å². The Morgan fingerprint density at radius 2 is 1.86 bits per heavy atom. The Labute approximate surface area is 209 Å². The lowest BCUT2D eigenvalue weighted by Gasteiger charge is -2.33. The molecule has 2 aromatic carbocycles. The van der Waals surface area contributed by atoms with Crippen LogP contribution in [0.2, 0.25) is 0 Å². The number of nitrogens with one attached hydrogen (secondary N) is 1. The summed E-state index contributed by atoms with van der Waals surface area (Å²) in [4.78, 5) is 30.0. The van der Waals surface area contributed by atoms with Crippen LogP contribution < -0.4 is 10.1 Å². The van der Waals surface area contributed by atoms with Crippen LogP contribution in [0.3, 0.4) is 0 Å². The van der Waals surface area contributed by atoms with Crippen molar-refractivity contribution in [1.82, 2.24) is 10.2 Å². The van der Waals surface area contributed by atoms with Crippen LogP contribution in [0.5, 0.6) is 5.75 Å². The minimum absolute atomic E-state index is 0.0882. The molecule has 1 fully saturated rings. The first-order chi connectivity index (χ1) is 17.0. The Morgan fingerprint density at radius 3 is 2.54 bits per heavy atom. The molecule has 4 rings (SSSR count). The molecule has 1 atom stereocenters. The standard InChI is InChI=1S/C28H31FN2O3S/c1-34-24-10-5-7-20(17-24)19-31(26(32)18-25-11-6-16-35-25)27(21-12-14-22(29)15-13-21)28(33)30-23-8-3-2-4-9-23/h5-7,10-17,23,27H,2-4,8-9,18-19H2,1H3,(H,30,33)/t27-/m1/s1. The Bertz CT molecular complexity index is 1110. The maximum Gasteiger partial charge on any atom is 0.247 e. The first kappa shape index (κ1) is 24.9. The number of methoxy groups -OCH3 is 1. The monoisotopic (exact) mass is 494 g/mol. The van der Waals surface area contributed by atoms with Gasteiger partial charge >= 0.3 is 0 Å². The Hall–Kier alpha value is -3.19. The van der Waals surface area contributed by atoms with E-state index in [4.69, 9.17) is 4.74 Å². The fourth-order valence-corrected chi connectivity index (χ4v) is 5.30. The van der Waals surface area contributed by atoms with Gasteiger partial charge in [0, 0.05) is 17.5 Å². The number of ether oxygens (including phenoxy) is 1. The molecule has 0 unspecified atom stereocenters. The second-order valence-corrected chi connectivity index (χ2v) is 9.96. The van der Waals surface area contributed by atoms with E-state index in [1.165, 1.54) is 29.9 Å². The fourth-order valence-electron chi connectivity index (χ4n) is 4.60. The fraction of sp³-hybridized carbons (Fsp3) is 0.357. The third kappa shape index (κ3) is 6.69. The van der Waals surface area contributed by atoms with Crippen LogP contribution in [0.25, 0.3) is 0 Å². The molecular weight excluding hydrogens is 463 g/mol. The number of rotatable bonds is 9. The Balaban J connectivity index is 1.69. The summed E-state index contributed by atoms with van der Waals surface area (Å²) in [5, 5.41) is 5.12. The summed E-state index contributed by atoms with van der Waals surface area (Å²) in [5.74, 6) is -0.100. The van der Waals surface area contributed by atoms with Crippen molar-refractivity contribution in [2.75, 3.05) is 7.11 Å². The first-order valence-electron chi connectivity index (χ1n) is 12.0. The molecule has 184 valence electrons. The molecule has 5 nitrogen and oxygen atoms in total. The average molecular weight is 495 g/mol. The van der Waals surface area contributed by atoms with E-state index in [2.05, 4.69) is 5.32 Å². The summed E-state index contributed by atoms with van der Waals surface area (Å²) in [6.45, 7) is 0.224. The van der Waals surface area contributed by atoms with Crippen molar-refractivity contribution in [3.8, 4) is 5.75 Å². The van der Waals surface area contributed by atoms with Gasteiger partial charge in [-0.1, -0.05) is 49.6 Å². The van der Waals surface area contributed by atoms with Gasteiger partial charge < -0.3 is 15.0 Å². The molecule has 0 spiro atoms. The van der Waals surface area contributed by atoms with Crippen LogP contribution in [0, 0.1) is 5.82 Å². The van der Waals surface area contributed by atoms with Gasteiger partial charge in [0.05, 0.1) is 13.5 Å². The Kier molecular flexibility index (Phi) is 8.53. The van der Waals surface area contributed by atoms with Gasteiger partial charge in [-0.15, -0.1) is 11.3 Å². The lowest BCUT2D eigenvalue weighted by molar-refractivity contribution is -0.141. The predicted molar refractivity (Wildman–Crippen MR) is 136 cm³/mol. The number of carbonyl (C=O) groups excluding carboxylic acids is 2. The molecule has 1 aromatic heterocycles. The van der Waals surface area contributed by atoms with E-state index in [-0.39, 0.29) is 36.6 Å². The molecule has 1 N–H and O–H groups in total. The maximum absolute atomic E-state index is 13.8. The summed E-state index contributed by atoms with van der Waals surface area (Å²) in [5.41, 5.74) is 1.43. The van der Waals surface area contributed by atoms with Crippen molar-refractivity contribution >= 4 is 23.2 Å². The molecule has 2 amide bonds. The van der Waals surface area contributed by atoms with Crippen LogP contribution >= 0.6 is 11.3 Å². The molecule has 0 aliphatic heterocycles. The second-order valence-electron chi connectivity index (χ2n) is 8.93. The van der Waals surface area contributed by atoms with E-state index >= 15 is 0 Å². The zero-order valence-corrected chi connectivity index (χ0v) is 20.7. The van der Waals surface area contributed by atoms with Crippen molar-refractivity contribution in [2.24, 2.45) is 0 Å². The largest absolute Gasteiger partial charge is 0.497 e. The average Bonchev–Trinajstić information content (AvgIpc) is 3.38. The molecule has 0 bridgehead atoms. The van der Waals surface area contributed by atoms with Crippen molar-refractivity contribution < 1.29 is 18.7 Å². The van der Waals surface area contributed by atoms with Crippen LogP contribution in [0.4, 0.5) is 4.39 Å². The van der Waals surface area contributed by atoms with Gasteiger partial charge in [0.2, 0.25) is 11.8 Å². The molecule has 1 aliphatic rings. The summed E-state index contributed by atoms with van der Waals surface area (Å²) in [7, 11) is 1.60. The van der Waals surface area contributed by atoms with Gasteiger partial charge in [0.15, 0.2) is 0 Å². The topological polar surface area (TPSA) is 58.6 Å².